The summed E-state index contributed by atoms with van der Waals surface area (Å²) in [4.78, 5) is 15.4. The van der Waals surface area contributed by atoms with Gasteiger partial charge < -0.3 is 4.55 Å². The zero-order chi connectivity index (χ0) is 20.4. The Morgan fingerprint density at radius 3 is 2.37 bits per heavy atom. The van der Waals surface area contributed by atoms with Gasteiger partial charge in [-0.3, -0.25) is 4.79 Å². The number of nitrogens with zero attached hydrogens (tertiary/aromatic N) is 4. The Kier molecular flexibility index (Phi) is 4.12. The molecule has 13 heteroatoms. The highest BCUT2D eigenvalue weighted by atomic mass is 32.2. The number of hydrogen-bond donors (Lipinski definition) is 0. The molecule has 0 spiro atoms. The van der Waals surface area contributed by atoms with Crippen LogP contribution in [0.15, 0.2) is 23.3 Å². The summed E-state index contributed by atoms with van der Waals surface area (Å²) in [5.41, 5.74) is -5.78. The van der Waals surface area contributed by atoms with E-state index in [0.29, 0.717) is 14.8 Å². The minimum Gasteiger partial charge on any atom is -0.566 e. The number of rotatable bonds is 1. The standard InChI is InChI=1S/C14H8F6N4O2S/c1-12-6-10(14(18,19)20)22-24(12)27(26)23(11(12)25)7-3-4-9(21-2)8(5-7)13(15,16)17/h3-5H,6H2,1H3/t12-,27?/m0/s1. The van der Waals surface area contributed by atoms with Crippen LogP contribution in [-0.4, -0.2) is 32.3 Å². The fourth-order valence-electron chi connectivity index (χ4n) is 2.72. The van der Waals surface area contributed by atoms with Gasteiger partial charge in [-0.1, -0.05) is 10.5 Å². The number of benzene rings is 1. The molecule has 27 heavy (non-hydrogen) atoms. The molecular formula is C14H8F6N4O2S. The molecule has 1 aromatic carbocycles. The van der Waals surface area contributed by atoms with Crippen LogP contribution in [0, 0.1) is 6.57 Å². The van der Waals surface area contributed by atoms with Crippen LogP contribution in [0.1, 0.15) is 18.9 Å². The van der Waals surface area contributed by atoms with E-state index >= 15 is 0 Å². The van der Waals surface area contributed by atoms with Crippen LogP contribution in [0.4, 0.5) is 37.7 Å². The van der Waals surface area contributed by atoms with E-state index < -0.39 is 64.4 Å². The molecule has 0 radical (unpaired) electrons. The Morgan fingerprint density at radius 1 is 1.26 bits per heavy atom. The van der Waals surface area contributed by atoms with Crippen molar-refractivity contribution in [1.29, 1.82) is 0 Å². The first kappa shape index (κ1) is 19.3. The summed E-state index contributed by atoms with van der Waals surface area (Å²) in [6.45, 7) is 7.87. The van der Waals surface area contributed by atoms with E-state index in [-0.39, 0.29) is 0 Å². The third-order valence-corrected chi connectivity index (χ3v) is 5.53. The molecule has 2 aliphatic heterocycles. The van der Waals surface area contributed by atoms with Crippen LogP contribution in [-0.2, 0) is 22.5 Å². The maximum Gasteiger partial charge on any atom is 0.431 e. The van der Waals surface area contributed by atoms with E-state index in [1.54, 1.807) is 0 Å². The first-order chi connectivity index (χ1) is 12.3. The number of halogens is 6. The topological polar surface area (TPSA) is 63.3 Å². The number of carbonyl (C=O) groups is 1. The van der Waals surface area contributed by atoms with Crippen LogP contribution in [0.3, 0.4) is 0 Å². The van der Waals surface area contributed by atoms with E-state index in [2.05, 4.69) is 9.95 Å². The molecule has 2 aliphatic rings. The molecule has 1 amide bonds. The molecule has 2 heterocycles. The SMILES string of the molecule is [C-]#[N+]c1ccc(N2C(=O)[C@]3(C)CC(C(F)(F)F)=NN3[S+]2[O-])cc1C(F)(F)F. The lowest BCUT2D eigenvalue weighted by Gasteiger charge is -2.19. The third kappa shape index (κ3) is 2.88. The first-order valence-electron chi connectivity index (χ1n) is 7.11. The van der Waals surface area contributed by atoms with Gasteiger partial charge in [-0.2, -0.15) is 26.3 Å². The van der Waals surface area contributed by atoms with Crippen molar-refractivity contribution in [1.82, 2.24) is 4.41 Å². The van der Waals surface area contributed by atoms with Crippen molar-refractivity contribution in [2.24, 2.45) is 5.10 Å². The van der Waals surface area contributed by atoms with Crippen molar-refractivity contribution in [3.8, 4) is 0 Å². The lowest BCUT2D eigenvalue weighted by Crippen LogP contribution is -2.43. The summed E-state index contributed by atoms with van der Waals surface area (Å²) in [6.07, 6.45) is -10.6. The number of anilines is 1. The lowest BCUT2D eigenvalue weighted by atomic mass is 9.95. The molecule has 1 aromatic rings. The molecule has 144 valence electrons. The van der Waals surface area contributed by atoms with E-state index in [1.165, 1.54) is 0 Å². The molecule has 0 aliphatic carbocycles. The van der Waals surface area contributed by atoms with Gasteiger partial charge in [0.25, 0.3) is 0 Å². The van der Waals surface area contributed by atoms with Crippen molar-refractivity contribution in [3.05, 3.63) is 35.2 Å². The molecule has 3 rings (SSSR count). The highest BCUT2D eigenvalue weighted by Crippen LogP contribution is 2.46. The molecule has 2 atom stereocenters. The van der Waals surface area contributed by atoms with Crippen molar-refractivity contribution < 1.29 is 35.7 Å². The summed E-state index contributed by atoms with van der Waals surface area (Å²) >= 11 is -2.60. The Morgan fingerprint density at radius 2 is 1.89 bits per heavy atom. The molecule has 1 unspecified atom stereocenters. The van der Waals surface area contributed by atoms with Crippen LogP contribution in [0.2, 0.25) is 0 Å². The lowest BCUT2D eigenvalue weighted by molar-refractivity contribution is -0.136. The first-order valence-corrected chi connectivity index (χ1v) is 8.17. The van der Waals surface area contributed by atoms with E-state index in [0.717, 1.165) is 19.1 Å². The molecule has 1 fully saturated rings. The van der Waals surface area contributed by atoms with Gasteiger partial charge in [-0.05, 0) is 19.1 Å². The van der Waals surface area contributed by atoms with Gasteiger partial charge in [0.15, 0.2) is 11.2 Å². The Balaban J connectivity index is 2.05. The maximum atomic E-state index is 13.1. The predicted octanol–water partition coefficient (Wildman–Crippen LogP) is 3.56. The number of carbonyl (C=O) groups excluding carboxylic acids is 1. The maximum absolute atomic E-state index is 13.1. The Hall–Kier alpha value is -2.46. The largest absolute Gasteiger partial charge is 0.566 e. The average Bonchev–Trinajstić information content (AvgIpc) is 3.00. The fourth-order valence-corrected chi connectivity index (χ4v) is 4.16. The molecule has 6 nitrogen and oxygen atoms in total. The molecule has 0 N–H and O–H groups in total. The number of fused-ring (bicyclic) bond motifs is 1. The van der Waals surface area contributed by atoms with Gasteiger partial charge in [-0.25, -0.2) is 4.85 Å². The average molecular weight is 410 g/mol. The minimum atomic E-state index is -4.91. The molecular weight excluding hydrogens is 402 g/mol. The summed E-state index contributed by atoms with van der Waals surface area (Å²) in [6, 6.07) is 2.23. The summed E-state index contributed by atoms with van der Waals surface area (Å²) in [5.74, 6) is -1.09. The van der Waals surface area contributed by atoms with E-state index in [9.17, 15) is 35.7 Å². The normalized spacial score (nSPS) is 25.5. The summed E-state index contributed by atoms with van der Waals surface area (Å²) < 4.78 is 91.3. The Bertz CT molecular complexity index is 893. The van der Waals surface area contributed by atoms with Gasteiger partial charge in [0.2, 0.25) is 11.5 Å². The number of alkyl halides is 6. The van der Waals surface area contributed by atoms with Crippen LogP contribution < -0.4 is 4.31 Å². The second kappa shape index (κ2) is 5.77. The van der Waals surface area contributed by atoms with E-state index in [1.807, 2.05) is 0 Å². The monoisotopic (exact) mass is 410 g/mol. The summed E-state index contributed by atoms with van der Waals surface area (Å²) in [5, 5.41) is 3.20. The quantitative estimate of drug-likeness (QED) is 0.404. The Labute approximate surface area is 151 Å². The van der Waals surface area contributed by atoms with Crippen LogP contribution in [0.25, 0.3) is 4.85 Å². The zero-order valence-corrected chi connectivity index (χ0v) is 14.0. The van der Waals surface area contributed by atoms with Crippen molar-refractivity contribution in [3.63, 3.8) is 0 Å². The van der Waals surface area contributed by atoms with Crippen molar-refractivity contribution >= 4 is 34.5 Å². The zero-order valence-electron chi connectivity index (χ0n) is 13.2. The second-order valence-corrected chi connectivity index (χ2v) is 7.08. The molecule has 1 saturated heterocycles. The van der Waals surface area contributed by atoms with Crippen LogP contribution in [0.5, 0.6) is 0 Å². The highest BCUT2D eigenvalue weighted by molar-refractivity contribution is 7.92. The molecule has 0 aromatic heterocycles. The second-order valence-electron chi connectivity index (χ2n) is 5.91. The smallest absolute Gasteiger partial charge is 0.431 e. The van der Waals surface area contributed by atoms with Crippen molar-refractivity contribution in [2.75, 3.05) is 4.31 Å². The predicted molar refractivity (Wildman–Crippen MR) is 81.7 cm³/mol. The van der Waals surface area contributed by atoms with Gasteiger partial charge in [-0.15, -0.1) is 9.41 Å². The van der Waals surface area contributed by atoms with Gasteiger partial charge >= 0.3 is 18.3 Å². The van der Waals surface area contributed by atoms with Gasteiger partial charge in [0.05, 0.1) is 17.8 Å². The number of amides is 1. The highest BCUT2D eigenvalue weighted by Gasteiger charge is 2.66. The van der Waals surface area contributed by atoms with Crippen molar-refractivity contribution in [2.45, 2.75) is 31.2 Å². The fraction of sp³-hybridized carbons (Fsp3) is 0.357. The number of hydrazone groups is 1. The van der Waals surface area contributed by atoms with Gasteiger partial charge in [0.1, 0.15) is 5.71 Å². The van der Waals surface area contributed by atoms with Gasteiger partial charge in [0, 0.05) is 6.42 Å². The number of hydrogen-bond acceptors (Lipinski definition) is 4. The molecule has 0 saturated carbocycles. The van der Waals surface area contributed by atoms with E-state index in [4.69, 9.17) is 6.57 Å². The molecule has 0 bridgehead atoms. The summed E-state index contributed by atoms with van der Waals surface area (Å²) in [7, 11) is 0. The van der Waals surface area contributed by atoms with Crippen LogP contribution >= 0.6 is 0 Å². The minimum absolute atomic E-state index is 0.439. The third-order valence-electron chi connectivity index (χ3n) is 4.06.